The normalized spacial score (nSPS) is 13.8. The Hall–Kier alpha value is -1.32. The van der Waals surface area contributed by atoms with Gasteiger partial charge in [0.15, 0.2) is 0 Å². The van der Waals surface area contributed by atoms with Crippen LogP contribution in [0.5, 0.6) is 0 Å². The van der Waals surface area contributed by atoms with Crippen LogP contribution in [-0.4, -0.2) is 7.85 Å². The monoisotopic (exact) mass is 269 g/mol. The van der Waals surface area contributed by atoms with Crippen molar-refractivity contribution < 1.29 is 0 Å². The first-order chi connectivity index (χ1) is 8.83. The molecular weight excluding hydrogens is 249 g/mol. The molecule has 1 rings (SSSR count). The van der Waals surface area contributed by atoms with Crippen molar-refractivity contribution in [3.8, 4) is 17.2 Å². The Morgan fingerprint density at radius 2 is 1.68 bits per heavy atom. The van der Waals surface area contributed by atoms with Crippen LogP contribution in [-0.2, 0) is 10.1 Å². The van der Waals surface area contributed by atoms with Gasteiger partial charge < -0.3 is 0 Å². The largest absolute Gasteiger partial charge is 0.185 e. The summed E-state index contributed by atoms with van der Waals surface area (Å²) >= 11 is 1.29. The van der Waals surface area contributed by atoms with Gasteiger partial charge in [-0.1, -0.05) is 44.0 Å². The summed E-state index contributed by atoms with van der Waals surface area (Å²) in [6, 6.07) is 8.46. The van der Waals surface area contributed by atoms with Crippen LogP contribution in [0.4, 0.5) is 0 Å². The van der Waals surface area contributed by atoms with Crippen LogP contribution in [0.3, 0.4) is 0 Å². The van der Waals surface area contributed by atoms with Gasteiger partial charge in [-0.05, 0) is 36.7 Å². The van der Waals surface area contributed by atoms with Gasteiger partial charge in [0.05, 0.1) is 5.41 Å². The van der Waals surface area contributed by atoms with E-state index in [4.69, 9.17) is 5.26 Å². The molecule has 0 fully saturated rings. The molecule has 0 saturated heterocycles. The minimum absolute atomic E-state index is 0.124. The number of hydrogen-bond donors (Lipinski definition) is 0. The summed E-state index contributed by atoms with van der Waals surface area (Å²) in [4.78, 5) is 0. The highest BCUT2D eigenvalue weighted by Gasteiger charge is 2.23. The van der Waals surface area contributed by atoms with Gasteiger partial charge in [0.25, 0.3) is 0 Å². The molecule has 1 aromatic carbocycles. The molecule has 0 aliphatic rings. The van der Waals surface area contributed by atoms with Gasteiger partial charge in [-0.3, -0.25) is 0 Å². The van der Waals surface area contributed by atoms with Crippen molar-refractivity contribution in [3.05, 3.63) is 35.4 Å². The lowest BCUT2D eigenvalue weighted by Gasteiger charge is -2.23. The van der Waals surface area contributed by atoms with Crippen molar-refractivity contribution in [2.75, 3.05) is 0 Å². The Balaban J connectivity index is 3.03. The van der Waals surface area contributed by atoms with Crippen LogP contribution in [0.25, 0.3) is 0 Å². The van der Waals surface area contributed by atoms with E-state index in [-0.39, 0.29) is 10.1 Å². The van der Waals surface area contributed by atoms with Crippen LogP contribution < -0.4 is 0 Å². The van der Waals surface area contributed by atoms with E-state index in [1.807, 2.05) is 0 Å². The quantitative estimate of drug-likeness (QED) is 0.477. The second-order valence-electron chi connectivity index (χ2n) is 5.56. The second-order valence-corrected chi connectivity index (χ2v) is 6.97. The van der Waals surface area contributed by atoms with Crippen LogP contribution in [0.2, 0.25) is 0 Å². The third-order valence-corrected chi connectivity index (χ3v) is 4.02. The van der Waals surface area contributed by atoms with E-state index >= 15 is 0 Å². The highest BCUT2D eigenvalue weighted by Crippen LogP contribution is 2.33. The van der Waals surface area contributed by atoms with Gasteiger partial charge in [-0.25, -0.2) is 0 Å². The molecule has 0 aliphatic carbocycles. The molecule has 0 heterocycles. The smallest absolute Gasteiger partial charge is 0.133 e. The van der Waals surface area contributed by atoms with Crippen molar-refractivity contribution in [1.82, 2.24) is 0 Å². The lowest BCUT2D eigenvalue weighted by Crippen LogP contribution is -2.18. The van der Waals surface area contributed by atoms with E-state index < -0.39 is 0 Å². The molecule has 0 aromatic heterocycles. The lowest BCUT2D eigenvalue weighted by atomic mass is 9.79. The first-order valence-electron chi connectivity index (χ1n) is 6.51. The maximum Gasteiger partial charge on any atom is 0.133 e. The molecule has 0 aliphatic heterocycles. The molecule has 1 atom stereocenters. The summed E-state index contributed by atoms with van der Waals surface area (Å²) < 4.78 is -0.174. The van der Waals surface area contributed by atoms with E-state index in [0.29, 0.717) is 0 Å². The molecule has 1 unspecified atom stereocenters. The van der Waals surface area contributed by atoms with E-state index in [9.17, 15) is 0 Å². The predicted molar refractivity (Wildman–Crippen MR) is 86.6 cm³/mol. The summed E-state index contributed by atoms with van der Waals surface area (Å²) in [6.07, 6.45) is 0.882. The van der Waals surface area contributed by atoms with Crippen LogP contribution in [0.15, 0.2) is 24.3 Å². The molecule has 0 N–H and O–H groups in total. The zero-order chi connectivity index (χ0) is 14.5. The van der Waals surface area contributed by atoms with Gasteiger partial charge >= 0.3 is 0 Å². The fraction of sp³-hybridized carbons (Fsp3) is 0.438. The molecule has 0 radical (unpaired) electrons. The molecular formula is C16H20BNS. The van der Waals surface area contributed by atoms with Crippen molar-refractivity contribution in [2.24, 2.45) is 0 Å². The average Bonchev–Trinajstić information content (AvgIpc) is 2.36. The van der Waals surface area contributed by atoms with Crippen molar-refractivity contribution in [2.45, 2.75) is 44.2 Å². The van der Waals surface area contributed by atoms with Gasteiger partial charge in [0.2, 0.25) is 0 Å². The van der Waals surface area contributed by atoms with Gasteiger partial charge in [0, 0.05) is 11.1 Å². The van der Waals surface area contributed by atoms with E-state index in [0.717, 1.165) is 6.42 Å². The number of benzene rings is 1. The fourth-order valence-corrected chi connectivity index (χ4v) is 2.32. The Labute approximate surface area is 122 Å². The van der Waals surface area contributed by atoms with E-state index in [1.165, 1.54) is 22.9 Å². The molecule has 3 heteroatoms. The Bertz CT molecular complexity index is 527. The summed E-state index contributed by atoms with van der Waals surface area (Å²) in [5, 5.41) is 11.0. The van der Waals surface area contributed by atoms with Crippen molar-refractivity contribution >= 4 is 19.6 Å². The standard InChI is InChI=1S/C16H20BNS/c1-5-6-11-15(2,3)13-7-9-14(10-8-13)16(4,17)19-12-18/h7-10H,5,17H2,1-4H3. The van der Waals surface area contributed by atoms with Gasteiger partial charge in [0.1, 0.15) is 13.2 Å². The highest BCUT2D eigenvalue weighted by atomic mass is 32.2. The number of hydrogen-bond acceptors (Lipinski definition) is 2. The van der Waals surface area contributed by atoms with Crippen LogP contribution in [0, 0.1) is 22.5 Å². The number of nitrogens with zero attached hydrogens (tertiary/aromatic N) is 1. The average molecular weight is 269 g/mol. The zero-order valence-electron chi connectivity index (χ0n) is 12.4. The first kappa shape index (κ1) is 15.7. The number of rotatable bonds is 3. The maximum atomic E-state index is 8.84. The molecule has 98 valence electrons. The lowest BCUT2D eigenvalue weighted by molar-refractivity contribution is 0.696. The Kier molecular flexibility index (Phi) is 5.15. The van der Waals surface area contributed by atoms with E-state index in [1.54, 1.807) is 0 Å². The van der Waals surface area contributed by atoms with Gasteiger partial charge in [-0.2, -0.15) is 5.26 Å². The van der Waals surface area contributed by atoms with Gasteiger partial charge in [-0.15, -0.1) is 5.92 Å². The zero-order valence-corrected chi connectivity index (χ0v) is 13.2. The molecule has 19 heavy (non-hydrogen) atoms. The van der Waals surface area contributed by atoms with Crippen molar-refractivity contribution in [3.63, 3.8) is 0 Å². The molecule has 0 bridgehead atoms. The first-order valence-corrected chi connectivity index (χ1v) is 7.33. The number of nitriles is 1. The number of thioether (sulfide) groups is 1. The maximum absolute atomic E-state index is 8.84. The van der Waals surface area contributed by atoms with Crippen LogP contribution >= 0.6 is 11.8 Å². The minimum atomic E-state index is -0.174. The van der Waals surface area contributed by atoms with Crippen LogP contribution in [0.1, 0.15) is 45.2 Å². The Morgan fingerprint density at radius 1 is 1.16 bits per heavy atom. The molecule has 0 amide bonds. The molecule has 1 aromatic rings. The molecule has 1 nitrogen and oxygen atoms in total. The third-order valence-electron chi connectivity index (χ3n) is 3.18. The summed E-state index contributed by atoms with van der Waals surface area (Å²) in [7, 11) is 2.07. The second kappa shape index (κ2) is 6.22. The summed E-state index contributed by atoms with van der Waals surface area (Å²) in [5.41, 5.74) is 2.26. The highest BCUT2D eigenvalue weighted by molar-refractivity contribution is 8.05. The summed E-state index contributed by atoms with van der Waals surface area (Å²) in [5.74, 6) is 6.46. The fourth-order valence-electron chi connectivity index (χ4n) is 1.84. The summed E-state index contributed by atoms with van der Waals surface area (Å²) in [6.45, 7) is 8.41. The third kappa shape index (κ3) is 4.08. The molecule has 0 spiro atoms. The van der Waals surface area contributed by atoms with E-state index in [2.05, 4.69) is 77.0 Å². The SMILES string of the molecule is BC(C)(SC#N)c1ccc(C(C)(C)C#CCC)cc1. The van der Waals surface area contributed by atoms with Crippen molar-refractivity contribution in [1.29, 1.82) is 5.26 Å². The Morgan fingerprint density at radius 3 is 2.16 bits per heavy atom. The predicted octanol–water partition coefficient (Wildman–Crippen LogP) is 3.40. The molecule has 0 saturated carbocycles. The topological polar surface area (TPSA) is 23.8 Å². The minimum Gasteiger partial charge on any atom is -0.185 e. The number of thiocyanates is 1.